The minimum Gasteiger partial charge on any atom is -0.497 e. The van der Waals surface area contributed by atoms with Crippen LogP contribution < -0.4 is 4.74 Å². The van der Waals surface area contributed by atoms with Crippen molar-refractivity contribution < 1.29 is 9.15 Å². The van der Waals surface area contributed by atoms with Crippen LogP contribution in [0.15, 0.2) is 89.0 Å². The Kier molecular flexibility index (Phi) is 5.58. The van der Waals surface area contributed by atoms with Crippen LogP contribution in [0.4, 0.5) is 0 Å². The number of para-hydroxylation sites is 1. The maximum Gasteiger partial charge on any atom is 0.153 e. The van der Waals surface area contributed by atoms with E-state index in [9.17, 15) is 5.26 Å². The van der Waals surface area contributed by atoms with Crippen LogP contribution in [0.25, 0.3) is 40.0 Å². The third-order valence-corrected chi connectivity index (χ3v) is 5.93. The van der Waals surface area contributed by atoms with Gasteiger partial charge in [0, 0.05) is 22.7 Å². The van der Waals surface area contributed by atoms with Crippen LogP contribution in [-0.4, -0.2) is 21.9 Å². The molecule has 0 saturated heterocycles. The molecule has 0 aliphatic carbocycles. The lowest BCUT2D eigenvalue weighted by molar-refractivity contribution is 0.415. The number of hydrogen-bond acceptors (Lipinski definition) is 6. The summed E-state index contributed by atoms with van der Waals surface area (Å²) in [7, 11) is 1.64. The van der Waals surface area contributed by atoms with E-state index in [0.717, 1.165) is 28.3 Å². The molecule has 0 radical (unpaired) electrons. The fourth-order valence-electron chi connectivity index (χ4n) is 3.41. The van der Waals surface area contributed by atoms with Crippen molar-refractivity contribution in [2.45, 2.75) is 0 Å². The molecule has 0 fully saturated rings. The van der Waals surface area contributed by atoms with E-state index in [1.165, 1.54) is 11.3 Å². The van der Waals surface area contributed by atoms with Gasteiger partial charge in [0.05, 0.1) is 30.3 Å². The molecule has 160 valence electrons. The summed E-state index contributed by atoms with van der Waals surface area (Å²) in [5.74, 6) is 1.44. The predicted molar refractivity (Wildman–Crippen MR) is 129 cm³/mol. The van der Waals surface area contributed by atoms with E-state index in [1.807, 2.05) is 89.1 Å². The van der Waals surface area contributed by atoms with Gasteiger partial charge in [-0.05, 0) is 54.6 Å². The van der Waals surface area contributed by atoms with Crippen molar-refractivity contribution in [2.75, 3.05) is 7.11 Å². The zero-order chi connectivity index (χ0) is 22.6. The summed E-state index contributed by atoms with van der Waals surface area (Å²) in [4.78, 5) is 4.60. The standard InChI is InChI=1S/C26H18N4O2S/c1-31-22-11-9-18(10-12-22)25-20(16-30(29-25)21-6-3-2-4-7-21)14-19(15-27)26-28-23(17-33-26)24-8-5-13-32-24/h2-14,16-17H,1H3. The van der Waals surface area contributed by atoms with Crippen LogP contribution in [0.1, 0.15) is 10.6 Å². The fraction of sp³-hybridized carbons (Fsp3) is 0.0385. The van der Waals surface area contributed by atoms with Gasteiger partial charge in [-0.3, -0.25) is 0 Å². The number of furan rings is 1. The number of nitrogens with zero attached hydrogens (tertiary/aromatic N) is 4. The second-order valence-electron chi connectivity index (χ2n) is 7.13. The van der Waals surface area contributed by atoms with Gasteiger partial charge >= 0.3 is 0 Å². The molecule has 33 heavy (non-hydrogen) atoms. The van der Waals surface area contributed by atoms with Crippen LogP contribution in [0.5, 0.6) is 5.75 Å². The normalized spacial score (nSPS) is 11.3. The lowest BCUT2D eigenvalue weighted by Gasteiger charge is -2.03. The minimum absolute atomic E-state index is 0.458. The molecule has 0 bridgehead atoms. The van der Waals surface area contributed by atoms with Gasteiger partial charge in [-0.2, -0.15) is 10.4 Å². The SMILES string of the molecule is COc1ccc(-c2nn(-c3ccccc3)cc2C=C(C#N)c2nc(-c3ccco3)cs2)cc1. The largest absolute Gasteiger partial charge is 0.497 e. The summed E-state index contributed by atoms with van der Waals surface area (Å²) in [6.07, 6.45) is 5.36. The van der Waals surface area contributed by atoms with Gasteiger partial charge in [0.25, 0.3) is 0 Å². The van der Waals surface area contributed by atoms with Gasteiger partial charge in [0.2, 0.25) is 0 Å². The van der Waals surface area contributed by atoms with E-state index < -0.39 is 0 Å². The maximum absolute atomic E-state index is 9.92. The Morgan fingerprint density at radius 1 is 1.09 bits per heavy atom. The predicted octanol–water partition coefficient (Wildman–Crippen LogP) is 6.33. The Labute approximate surface area is 194 Å². The highest BCUT2D eigenvalue weighted by Gasteiger charge is 2.15. The number of nitriles is 1. The Morgan fingerprint density at radius 3 is 2.61 bits per heavy atom. The smallest absolute Gasteiger partial charge is 0.153 e. The van der Waals surface area contributed by atoms with Crippen molar-refractivity contribution in [2.24, 2.45) is 0 Å². The van der Waals surface area contributed by atoms with E-state index in [2.05, 4.69) is 11.1 Å². The average molecular weight is 451 g/mol. The summed E-state index contributed by atoms with van der Waals surface area (Å²) >= 11 is 1.40. The molecule has 0 unspecified atom stereocenters. The number of benzene rings is 2. The highest BCUT2D eigenvalue weighted by atomic mass is 32.1. The molecule has 0 amide bonds. The summed E-state index contributed by atoms with van der Waals surface area (Å²) < 4.78 is 12.5. The van der Waals surface area contributed by atoms with Gasteiger partial charge in [-0.25, -0.2) is 9.67 Å². The van der Waals surface area contributed by atoms with E-state index in [-0.39, 0.29) is 0 Å². The number of methoxy groups -OCH3 is 1. The first-order chi connectivity index (χ1) is 16.2. The number of aromatic nitrogens is 3. The molecule has 5 aromatic rings. The lowest BCUT2D eigenvalue weighted by Crippen LogP contribution is -1.94. The van der Waals surface area contributed by atoms with Crippen molar-refractivity contribution in [3.05, 3.63) is 95.1 Å². The minimum atomic E-state index is 0.458. The van der Waals surface area contributed by atoms with Crippen molar-refractivity contribution >= 4 is 23.0 Å². The molecule has 0 aliphatic rings. The zero-order valence-corrected chi connectivity index (χ0v) is 18.5. The van der Waals surface area contributed by atoms with E-state index in [0.29, 0.717) is 22.0 Å². The zero-order valence-electron chi connectivity index (χ0n) is 17.7. The number of thiazole rings is 1. The summed E-state index contributed by atoms with van der Waals surface area (Å²) in [5, 5.41) is 17.2. The number of allylic oxidation sites excluding steroid dienone is 1. The highest BCUT2D eigenvalue weighted by Crippen LogP contribution is 2.31. The molecule has 0 N–H and O–H groups in total. The Morgan fingerprint density at radius 2 is 1.91 bits per heavy atom. The van der Waals surface area contributed by atoms with E-state index in [4.69, 9.17) is 14.3 Å². The maximum atomic E-state index is 9.92. The Balaban J connectivity index is 1.60. The van der Waals surface area contributed by atoms with Gasteiger partial charge in [-0.15, -0.1) is 11.3 Å². The van der Waals surface area contributed by atoms with Gasteiger partial charge in [-0.1, -0.05) is 18.2 Å². The molecule has 0 spiro atoms. The molecule has 3 heterocycles. The van der Waals surface area contributed by atoms with Crippen molar-refractivity contribution in [3.63, 3.8) is 0 Å². The number of ether oxygens (including phenoxy) is 1. The van der Waals surface area contributed by atoms with Crippen LogP contribution in [0.2, 0.25) is 0 Å². The molecule has 2 aromatic carbocycles. The topological polar surface area (TPSA) is 76.9 Å². The van der Waals surface area contributed by atoms with Crippen molar-refractivity contribution in [1.29, 1.82) is 5.26 Å². The number of hydrogen-bond donors (Lipinski definition) is 0. The number of rotatable bonds is 6. The monoisotopic (exact) mass is 450 g/mol. The third-order valence-electron chi connectivity index (χ3n) is 5.06. The van der Waals surface area contributed by atoms with Crippen molar-refractivity contribution in [3.8, 4) is 40.2 Å². The van der Waals surface area contributed by atoms with Gasteiger partial charge in [0.1, 0.15) is 22.5 Å². The van der Waals surface area contributed by atoms with Crippen LogP contribution in [-0.2, 0) is 0 Å². The Hall–Kier alpha value is -4.41. The first-order valence-electron chi connectivity index (χ1n) is 10.2. The van der Waals surface area contributed by atoms with E-state index in [1.54, 1.807) is 13.4 Å². The first kappa shape index (κ1) is 20.5. The molecule has 0 atom stereocenters. The Bertz CT molecular complexity index is 1440. The average Bonchev–Trinajstić information content (AvgIpc) is 3.64. The molecule has 6 nitrogen and oxygen atoms in total. The summed E-state index contributed by atoms with van der Waals surface area (Å²) in [6, 6.07) is 23.5. The highest BCUT2D eigenvalue weighted by molar-refractivity contribution is 7.11. The molecule has 5 rings (SSSR count). The second-order valence-corrected chi connectivity index (χ2v) is 7.98. The molecular weight excluding hydrogens is 432 g/mol. The van der Waals surface area contributed by atoms with Gasteiger partial charge in [0.15, 0.2) is 5.76 Å². The van der Waals surface area contributed by atoms with Gasteiger partial charge < -0.3 is 9.15 Å². The van der Waals surface area contributed by atoms with Crippen molar-refractivity contribution in [1.82, 2.24) is 14.8 Å². The van der Waals surface area contributed by atoms with Crippen LogP contribution >= 0.6 is 11.3 Å². The second kappa shape index (κ2) is 8.99. The summed E-state index contributed by atoms with van der Waals surface area (Å²) in [6.45, 7) is 0. The molecular formula is C26H18N4O2S. The molecule has 3 aromatic heterocycles. The fourth-order valence-corrected chi connectivity index (χ4v) is 4.19. The van der Waals surface area contributed by atoms with Crippen LogP contribution in [0, 0.1) is 11.3 Å². The first-order valence-corrected chi connectivity index (χ1v) is 11.0. The third kappa shape index (κ3) is 4.20. The molecule has 0 saturated carbocycles. The van der Waals surface area contributed by atoms with Crippen LogP contribution in [0.3, 0.4) is 0 Å². The summed E-state index contributed by atoms with van der Waals surface area (Å²) in [5.41, 5.74) is 4.59. The molecule has 0 aliphatic heterocycles. The lowest BCUT2D eigenvalue weighted by atomic mass is 10.1. The quantitative estimate of drug-likeness (QED) is 0.283. The molecule has 7 heteroatoms. The van der Waals surface area contributed by atoms with E-state index >= 15 is 0 Å².